The molecule has 148 valence electrons. The fourth-order valence-electron chi connectivity index (χ4n) is 3.13. The van der Waals surface area contributed by atoms with Crippen LogP contribution < -0.4 is 5.73 Å². The van der Waals surface area contributed by atoms with Gasteiger partial charge in [0.2, 0.25) is 0 Å². The van der Waals surface area contributed by atoms with Crippen LogP contribution >= 0.6 is 0 Å². The molecule has 0 amide bonds. The molecule has 0 bridgehead atoms. The molecule has 0 aliphatic heterocycles. The number of carbonyl (C=O) groups is 1. The molecule has 0 aromatic rings. The third-order valence-electron chi connectivity index (χ3n) is 4.81. The van der Waals surface area contributed by atoms with Crippen LogP contribution in [0, 0.1) is 0 Å². The van der Waals surface area contributed by atoms with Gasteiger partial charge < -0.3 is 10.5 Å². The van der Waals surface area contributed by atoms with Gasteiger partial charge in [0.1, 0.15) is 0 Å². The molecule has 2 N–H and O–H groups in total. The zero-order valence-electron chi connectivity index (χ0n) is 16.8. The topological polar surface area (TPSA) is 52.3 Å². The molecule has 0 saturated carbocycles. The number of unbranched alkanes of at least 4 members (excludes halogenated alkanes) is 12. The van der Waals surface area contributed by atoms with Crippen molar-refractivity contribution in [3.05, 3.63) is 12.7 Å². The Labute approximate surface area is 156 Å². The molecular weight excluding hydrogens is 310 g/mol. The van der Waals surface area contributed by atoms with Crippen molar-refractivity contribution in [3.63, 3.8) is 0 Å². The molecule has 0 fully saturated rings. The maximum absolute atomic E-state index is 10.9. The molecule has 0 saturated heterocycles. The molecule has 0 heterocycles. The predicted octanol–water partition coefficient (Wildman–Crippen LogP) is 6.30. The van der Waals surface area contributed by atoms with Crippen molar-refractivity contribution < 1.29 is 9.53 Å². The Bertz CT molecular complexity index is 304. The minimum Gasteiger partial charge on any atom is -0.463 e. The van der Waals surface area contributed by atoms with Gasteiger partial charge in [-0.05, 0) is 19.3 Å². The SMILES string of the molecule is C=CC(=O)OCCCCCCCCCCC(N)CCCCCCCC. The minimum absolute atomic E-state index is 0.310. The number of carbonyl (C=O) groups excluding carboxylic acids is 1. The lowest BCUT2D eigenvalue weighted by Crippen LogP contribution is -2.19. The standard InChI is InChI=1S/C22H43NO2/c1-3-5-6-7-12-15-18-21(23)19-16-13-10-8-9-11-14-17-20-25-22(24)4-2/h4,21H,2-3,5-20,23H2,1H3. The number of nitrogens with two attached hydrogens (primary N) is 1. The van der Waals surface area contributed by atoms with Gasteiger partial charge in [-0.25, -0.2) is 4.79 Å². The Morgan fingerprint density at radius 3 is 1.76 bits per heavy atom. The van der Waals surface area contributed by atoms with Gasteiger partial charge in [0.25, 0.3) is 0 Å². The second-order valence-electron chi connectivity index (χ2n) is 7.31. The fourth-order valence-corrected chi connectivity index (χ4v) is 3.13. The van der Waals surface area contributed by atoms with Crippen molar-refractivity contribution in [2.24, 2.45) is 5.73 Å². The minimum atomic E-state index is -0.310. The van der Waals surface area contributed by atoms with Crippen molar-refractivity contribution in [3.8, 4) is 0 Å². The van der Waals surface area contributed by atoms with Gasteiger partial charge in [-0.3, -0.25) is 0 Å². The van der Waals surface area contributed by atoms with Crippen molar-refractivity contribution in [1.82, 2.24) is 0 Å². The highest BCUT2D eigenvalue weighted by Gasteiger charge is 2.02. The Kier molecular flexibility index (Phi) is 18.8. The fraction of sp³-hybridized carbons (Fsp3) is 0.864. The molecule has 0 radical (unpaired) electrons. The summed E-state index contributed by atoms with van der Waals surface area (Å²) in [5.74, 6) is -0.310. The number of esters is 1. The average molecular weight is 354 g/mol. The van der Waals surface area contributed by atoms with Crippen molar-refractivity contribution in [2.45, 2.75) is 116 Å². The first-order chi connectivity index (χ1) is 12.2. The maximum Gasteiger partial charge on any atom is 0.330 e. The van der Waals surface area contributed by atoms with E-state index in [-0.39, 0.29) is 5.97 Å². The van der Waals surface area contributed by atoms with E-state index in [2.05, 4.69) is 13.5 Å². The van der Waals surface area contributed by atoms with Gasteiger partial charge in [-0.1, -0.05) is 97.0 Å². The lowest BCUT2D eigenvalue weighted by Gasteiger charge is -2.11. The number of hydrogen-bond donors (Lipinski definition) is 1. The summed E-state index contributed by atoms with van der Waals surface area (Å²) in [5.41, 5.74) is 6.21. The summed E-state index contributed by atoms with van der Waals surface area (Å²) in [6, 6.07) is 0.421. The van der Waals surface area contributed by atoms with Crippen LogP contribution in [0.15, 0.2) is 12.7 Å². The molecule has 0 aromatic carbocycles. The highest BCUT2D eigenvalue weighted by Crippen LogP contribution is 2.13. The molecule has 0 aromatic heterocycles. The van der Waals surface area contributed by atoms with Crippen LogP contribution in [0.4, 0.5) is 0 Å². The summed E-state index contributed by atoms with van der Waals surface area (Å²) < 4.78 is 4.96. The predicted molar refractivity (Wildman–Crippen MR) is 109 cm³/mol. The van der Waals surface area contributed by atoms with E-state index in [9.17, 15) is 4.79 Å². The van der Waals surface area contributed by atoms with E-state index in [1.807, 2.05) is 0 Å². The second-order valence-corrected chi connectivity index (χ2v) is 7.31. The molecule has 3 heteroatoms. The van der Waals surface area contributed by atoms with Gasteiger partial charge in [-0.2, -0.15) is 0 Å². The van der Waals surface area contributed by atoms with Crippen molar-refractivity contribution in [1.29, 1.82) is 0 Å². The van der Waals surface area contributed by atoms with E-state index in [1.54, 1.807) is 0 Å². The molecule has 3 nitrogen and oxygen atoms in total. The lowest BCUT2D eigenvalue weighted by atomic mass is 10.0. The average Bonchev–Trinajstić information content (AvgIpc) is 2.62. The van der Waals surface area contributed by atoms with Crippen LogP contribution in [0.2, 0.25) is 0 Å². The van der Waals surface area contributed by atoms with Crippen LogP contribution in [0.25, 0.3) is 0 Å². The van der Waals surface area contributed by atoms with E-state index in [1.165, 1.54) is 96.0 Å². The van der Waals surface area contributed by atoms with Gasteiger partial charge in [0.05, 0.1) is 6.61 Å². The monoisotopic (exact) mass is 353 g/mol. The second kappa shape index (κ2) is 19.5. The highest BCUT2D eigenvalue weighted by atomic mass is 16.5. The molecule has 0 aliphatic carbocycles. The molecule has 0 rings (SSSR count). The van der Waals surface area contributed by atoms with Crippen LogP contribution in [0.3, 0.4) is 0 Å². The van der Waals surface area contributed by atoms with Crippen LogP contribution in [-0.2, 0) is 9.53 Å². The van der Waals surface area contributed by atoms with Gasteiger partial charge in [0.15, 0.2) is 0 Å². The van der Waals surface area contributed by atoms with Crippen LogP contribution in [-0.4, -0.2) is 18.6 Å². The number of ether oxygens (including phenoxy) is 1. The first-order valence-corrected chi connectivity index (χ1v) is 10.8. The van der Waals surface area contributed by atoms with Gasteiger partial charge >= 0.3 is 5.97 Å². The summed E-state index contributed by atoms with van der Waals surface area (Å²) in [5, 5.41) is 0. The number of hydrogen-bond acceptors (Lipinski definition) is 3. The smallest absolute Gasteiger partial charge is 0.330 e. The Balaban J connectivity index is 3.16. The van der Waals surface area contributed by atoms with Crippen LogP contribution in [0.1, 0.15) is 110 Å². The zero-order valence-corrected chi connectivity index (χ0v) is 16.8. The Morgan fingerprint density at radius 2 is 1.28 bits per heavy atom. The summed E-state index contributed by atoms with van der Waals surface area (Å²) in [6.07, 6.45) is 21.7. The van der Waals surface area contributed by atoms with E-state index in [4.69, 9.17) is 10.5 Å². The molecule has 0 spiro atoms. The molecule has 0 aliphatic rings. The molecular formula is C22H43NO2. The van der Waals surface area contributed by atoms with Crippen molar-refractivity contribution >= 4 is 5.97 Å². The zero-order chi connectivity index (χ0) is 18.6. The summed E-state index contributed by atoms with van der Waals surface area (Å²) in [6.45, 7) is 6.17. The summed E-state index contributed by atoms with van der Waals surface area (Å²) in [7, 11) is 0. The molecule has 1 unspecified atom stereocenters. The highest BCUT2D eigenvalue weighted by molar-refractivity contribution is 5.81. The Hall–Kier alpha value is -0.830. The first kappa shape index (κ1) is 24.2. The van der Waals surface area contributed by atoms with Crippen LogP contribution in [0.5, 0.6) is 0 Å². The normalized spacial score (nSPS) is 12.1. The van der Waals surface area contributed by atoms with E-state index in [0.29, 0.717) is 12.6 Å². The summed E-state index contributed by atoms with van der Waals surface area (Å²) in [4.78, 5) is 10.9. The van der Waals surface area contributed by atoms with E-state index in [0.717, 1.165) is 12.8 Å². The molecule has 1 atom stereocenters. The van der Waals surface area contributed by atoms with Gasteiger partial charge in [-0.15, -0.1) is 0 Å². The van der Waals surface area contributed by atoms with E-state index < -0.39 is 0 Å². The lowest BCUT2D eigenvalue weighted by molar-refractivity contribution is -0.137. The first-order valence-electron chi connectivity index (χ1n) is 10.8. The quantitative estimate of drug-likeness (QED) is 0.168. The number of rotatable bonds is 19. The van der Waals surface area contributed by atoms with Crippen molar-refractivity contribution in [2.75, 3.05) is 6.61 Å². The third-order valence-corrected chi connectivity index (χ3v) is 4.81. The van der Waals surface area contributed by atoms with Gasteiger partial charge in [0, 0.05) is 12.1 Å². The Morgan fingerprint density at radius 1 is 0.840 bits per heavy atom. The largest absolute Gasteiger partial charge is 0.463 e. The summed E-state index contributed by atoms with van der Waals surface area (Å²) >= 11 is 0. The third kappa shape index (κ3) is 19.3. The molecule has 25 heavy (non-hydrogen) atoms. The van der Waals surface area contributed by atoms with E-state index >= 15 is 0 Å². The maximum atomic E-state index is 10.9.